The van der Waals surface area contributed by atoms with Crippen LogP contribution in [0.4, 0.5) is 11.5 Å². The lowest BCUT2D eigenvalue weighted by atomic mass is 10.2. The number of carbonyl (C=O) groups is 1. The first-order chi connectivity index (χ1) is 10.0. The number of rotatable bonds is 2. The third-order valence-electron chi connectivity index (χ3n) is 3.11. The van der Waals surface area contributed by atoms with Gasteiger partial charge in [-0.05, 0) is 30.3 Å². The minimum absolute atomic E-state index is 0.00539. The second-order valence-corrected chi connectivity index (χ2v) is 5.87. The minimum atomic E-state index is -0.152. The van der Waals surface area contributed by atoms with Crippen LogP contribution in [-0.4, -0.2) is 17.5 Å². The van der Waals surface area contributed by atoms with E-state index in [1.165, 1.54) is 0 Å². The third kappa shape index (κ3) is 2.82. The third-order valence-corrected chi connectivity index (χ3v) is 3.95. The fourth-order valence-corrected chi connectivity index (χ4v) is 2.62. The average Bonchev–Trinajstić information content (AvgIpc) is 2.46. The van der Waals surface area contributed by atoms with Crippen molar-refractivity contribution in [3.63, 3.8) is 0 Å². The second kappa shape index (κ2) is 5.54. The number of carbonyl (C=O) groups excluding carboxylic acids is 1. The number of fused-ring (bicyclic) bond motifs is 1. The number of anilines is 2. The zero-order chi connectivity index (χ0) is 15.0. The highest BCUT2D eigenvalue weighted by molar-refractivity contribution is 9.10. The second-order valence-electron chi connectivity index (χ2n) is 4.55. The molecule has 0 spiro atoms. The summed E-state index contributed by atoms with van der Waals surface area (Å²) in [4.78, 5) is 17.9. The number of ether oxygens (including phenoxy) is 1. The number of nitrogen functional groups attached to an aromatic ring is 1. The Morgan fingerprint density at radius 1 is 1.38 bits per heavy atom. The van der Waals surface area contributed by atoms with Crippen LogP contribution >= 0.6 is 27.5 Å². The summed E-state index contributed by atoms with van der Waals surface area (Å²) in [6.45, 7) is 0.240. The smallest absolute Gasteiger partial charge is 0.265 e. The molecule has 1 aromatic carbocycles. The van der Waals surface area contributed by atoms with Gasteiger partial charge >= 0.3 is 0 Å². The summed E-state index contributed by atoms with van der Waals surface area (Å²) in [6, 6.07) is 8.79. The van der Waals surface area contributed by atoms with Gasteiger partial charge in [0.1, 0.15) is 11.6 Å². The summed E-state index contributed by atoms with van der Waals surface area (Å²) in [5, 5.41) is 0.472. The molecular formula is C14H11BrClN3O2. The van der Waals surface area contributed by atoms with Gasteiger partial charge in [0.05, 0.1) is 22.9 Å². The SMILES string of the molecule is Nc1ccc(Cl)c(CN2C(=O)COc3ccc(Br)cc32)n1. The lowest BCUT2D eigenvalue weighted by Crippen LogP contribution is -2.38. The Labute approximate surface area is 134 Å². The molecule has 108 valence electrons. The molecule has 0 atom stereocenters. The zero-order valence-electron chi connectivity index (χ0n) is 10.8. The number of hydrogen-bond acceptors (Lipinski definition) is 4. The van der Waals surface area contributed by atoms with E-state index >= 15 is 0 Å². The Morgan fingerprint density at radius 2 is 2.19 bits per heavy atom. The molecule has 0 unspecified atom stereocenters. The van der Waals surface area contributed by atoms with Crippen molar-refractivity contribution in [2.45, 2.75) is 6.54 Å². The van der Waals surface area contributed by atoms with Crippen LogP contribution in [0.3, 0.4) is 0 Å². The molecule has 0 saturated heterocycles. The van der Waals surface area contributed by atoms with E-state index in [4.69, 9.17) is 22.1 Å². The van der Waals surface area contributed by atoms with Crippen molar-refractivity contribution in [2.75, 3.05) is 17.2 Å². The molecule has 1 aliphatic heterocycles. The van der Waals surface area contributed by atoms with E-state index in [1.807, 2.05) is 18.2 Å². The normalized spacial score (nSPS) is 13.8. The van der Waals surface area contributed by atoms with E-state index in [1.54, 1.807) is 17.0 Å². The highest BCUT2D eigenvalue weighted by Crippen LogP contribution is 2.35. The monoisotopic (exact) mass is 367 g/mol. The van der Waals surface area contributed by atoms with E-state index < -0.39 is 0 Å². The summed E-state index contributed by atoms with van der Waals surface area (Å²) in [5.41, 5.74) is 6.92. The van der Waals surface area contributed by atoms with Crippen molar-refractivity contribution in [1.82, 2.24) is 4.98 Å². The lowest BCUT2D eigenvalue weighted by Gasteiger charge is -2.29. The van der Waals surface area contributed by atoms with Gasteiger partial charge in [-0.25, -0.2) is 4.98 Å². The lowest BCUT2D eigenvalue weighted by molar-refractivity contribution is -0.121. The number of nitrogens with two attached hydrogens (primary N) is 1. The topological polar surface area (TPSA) is 68.5 Å². The number of aromatic nitrogens is 1. The van der Waals surface area contributed by atoms with Gasteiger partial charge in [0.25, 0.3) is 5.91 Å². The summed E-state index contributed by atoms with van der Waals surface area (Å²) in [6.07, 6.45) is 0. The van der Waals surface area contributed by atoms with Crippen molar-refractivity contribution in [3.05, 3.63) is 45.5 Å². The highest BCUT2D eigenvalue weighted by Gasteiger charge is 2.26. The maximum atomic E-state index is 12.2. The largest absolute Gasteiger partial charge is 0.482 e. The van der Waals surface area contributed by atoms with Crippen molar-refractivity contribution < 1.29 is 9.53 Å². The minimum Gasteiger partial charge on any atom is -0.482 e. The molecule has 21 heavy (non-hydrogen) atoms. The molecule has 7 heteroatoms. The van der Waals surface area contributed by atoms with Gasteiger partial charge < -0.3 is 10.5 Å². The van der Waals surface area contributed by atoms with Crippen LogP contribution in [0.5, 0.6) is 5.75 Å². The molecule has 2 heterocycles. The van der Waals surface area contributed by atoms with Crippen LogP contribution in [0.15, 0.2) is 34.8 Å². The molecule has 1 aromatic heterocycles. The standard InChI is InChI=1S/C14H11BrClN3O2/c15-8-1-3-12-11(5-8)19(14(20)7-21-12)6-10-9(16)2-4-13(17)18-10/h1-5H,6-7H2,(H2,17,18). The van der Waals surface area contributed by atoms with Crippen LogP contribution in [0, 0.1) is 0 Å². The summed E-state index contributed by atoms with van der Waals surface area (Å²) in [7, 11) is 0. The number of hydrogen-bond donors (Lipinski definition) is 1. The molecule has 1 amide bonds. The first kappa shape index (κ1) is 14.2. The molecule has 2 aromatic rings. The van der Waals surface area contributed by atoms with Crippen molar-refractivity contribution in [3.8, 4) is 5.75 Å². The van der Waals surface area contributed by atoms with Gasteiger partial charge in [-0.15, -0.1) is 0 Å². The molecule has 3 rings (SSSR count). The molecule has 0 radical (unpaired) electrons. The summed E-state index contributed by atoms with van der Waals surface area (Å²) < 4.78 is 6.28. The number of halogens is 2. The quantitative estimate of drug-likeness (QED) is 0.885. The Morgan fingerprint density at radius 3 is 3.00 bits per heavy atom. The van der Waals surface area contributed by atoms with Crippen molar-refractivity contribution in [2.24, 2.45) is 0 Å². The first-order valence-electron chi connectivity index (χ1n) is 6.18. The number of amides is 1. The van der Waals surface area contributed by atoms with Crippen LogP contribution in [0.1, 0.15) is 5.69 Å². The van der Waals surface area contributed by atoms with Crippen molar-refractivity contribution >= 4 is 44.9 Å². The number of benzene rings is 1. The molecule has 1 aliphatic rings. The molecule has 0 bridgehead atoms. The maximum absolute atomic E-state index is 12.2. The van der Waals surface area contributed by atoms with E-state index in [0.29, 0.717) is 28.0 Å². The molecule has 0 fully saturated rings. The Bertz CT molecular complexity index is 723. The van der Waals surface area contributed by atoms with E-state index in [-0.39, 0.29) is 19.1 Å². The van der Waals surface area contributed by atoms with Crippen LogP contribution < -0.4 is 15.4 Å². The fraction of sp³-hybridized carbons (Fsp3) is 0.143. The van der Waals surface area contributed by atoms with Crippen LogP contribution in [0.2, 0.25) is 5.02 Å². The van der Waals surface area contributed by atoms with Gasteiger partial charge in [0.2, 0.25) is 0 Å². The maximum Gasteiger partial charge on any atom is 0.265 e. The Kier molecular flexibility index (Phi) is 3.73. The van der Waals surface area contributed by atoms with Gasteiger partial charge in [0, 0.05) is 4.47 Å². The zero-order valence-corrected chi connectivity index (χ0v) is 13.2. The van der Waals surface area contributed by atoms with E-state index in [9.17, 15) is 4.79 Å². The highest BCUT2D eigenvalue weighted by atomic mass is 79.9. The van der Waals surface area contributed by atoms with Crippen LogP contribution in [-0.2, 0) is 11.3 Å². The molecular weight excluding hydrogens is 358 g/mol. The van der Waals surface area contributed by atoms with Crippen LogP contribution in [0.25, 0.3) is 0 Å². The predicted octanol–water partition coefficient (Wildman–Crippen LogP) is 3.01. The molecule has 0 saturated carbocycles. The summed E-state index contributed by atoms with van der Waals surface area (Å²) in [5.74, 6) is 0.864. The van der Waals surface area contributed by atoms with E-state index in [0.717, 1.165) is 4.47 Å². The van der Waals surface area contributed by atoms with E-state index in [2.05, 4.69) is 20.9 Å². The molecule has 5 nitrogen and oxygen atoms in total. The van der Waals surface area contributed by atoms with Gasteiger partial charge in [-0.2, -0.15) is 0 Å². The first-order valence-corrected chi connectivity index (χ1v) is 7.35. The number of pyridine rings is 1. The molecule has 0 aliphatic carbocycles. The summed E-state index contributed by atoms with van der Waals surface area (Å²) >= 11 is 9.52. The number of nitrogens with zero attached hydrogens (tertiary/aromatic N) is 2. The van der Waals surface area contributed by atoms with Gasteiger partial charge in [-0.1, -0.05) is 27.5 Å². The average molecular weight is 369 g/mol. The van der Waals surface area contributed by atoms with Crippen molar-refractivity contribution in [1.29, 1.82) is 0 Å². The Balaban J connectivity index is 2.00. The van der Waals surface area contributed by atoms with Gasteiger partial charge in [0.15, 0.2) is 6.61 Å². The molecule has 2 N–H and O–H groups in total. The van der Waals surface area contributed by atoms with Gasteiger partial charge in [-0.3, -0.25) is 9.69 Å². The predicted molar refractivity (Wildman–Crippen MR) is 84.5 cm³/mol. The fourth-order valence-electron chi connectivity index (χ4n) is 2.11. The Hall–Kier alpha value is -1.79.